The summed E-state index contributed by atoms with van der Waals surface area (Å²) >= 11 is 1.25. The standard InChI is InChI=1S/C17H19FN4OS/c1-10-15(11-3-6-22(10)7-4-11)21-16(23)17-20-9-14(24-17)13-8-12(18)2-5-19-13/h2,5,8-11,15H,3-4,6-7H2,1H3,(H,21,23)/t10-,15+/m1/s1. The number of hydrogen-bond donors (Lipinski definition) is 1. The van der Waals surface area contributed by atoms with Gasteiger partial charge in [-0.3, -0.25) is 14.7 Å². The number of nitrogens with one attached hydrogen (secondary N) is 1. The first kappa shape index (κ1) is 15.7. The van der Waals surface area contributed by atoms with Crippen molar-refractivity contribution in [3.8, 4) is 10.6 Å². The Morgan fingerprint density at radius 1 is 1.38 bits per heavy atom. The fourth-order valence-electron chi connectivity index (χ4n) is 3.80. The van der Waals surface area contributed by atoms with Crippen molar-refractivity contribution < 1.29 is 9.18 Å². The van der Waals surface area contributed by atoms with E-state index in [1.165, 1.54) is 29.7 Å². The summed E-state index contributed by atoms with van der Waals surface area (Å²) in [4.78, 5) is 24.0. The summed E-state index contributed by atoms with van der Waals surface area (Å²) in [6.07, 6.45) is 5.29. The molecule has 5 rings (SSSR count). The van der Waals surface area contributed by atoms with Crippen molar-refractivity contribution in [1.29, 1.82) is 0 Å². The van der Waals surface area contributed by atoms with Gasteiger partial charge in [-0.1, -0.05) is 0 Å². The van der Waals surface area contributed by atoms with Crippen LogP contribution in [0.3, 0.4) is 0 Å². The second-order valence-corrected chi connectivity index (χ2v) is 7.53. The molecule has 2 aromatic rings. The molecule has 3 aliphatic rings. The zero-order chi connectivity index (χ0) is 16.7. The lowest BCUT2D eigenvalue weighted by molar-refractivity contribution is 0.0217. The third-order valence-electron chi connectivity index (χ3n) is 5.15. The Balaban J connectivity index is 1.49. The SMILES string of the molecule is C[C@@H]1[C@H](NC(=O)c2ncc(-c3cc(F)ccn3)s2)C2CCN1CC2. The summed E-state index contributed by atoms with van der Waals surface area (Å²) in [7, 11) is 0. The smallest absolute Gasteiger partial charge is 0.280 e. The van der Waals surface area contributed by atoms with Crippen LogP contribution in [0.5, 0.6) is 0 Å². The molecule has 3 aliphatic heterocycles. The Labute approximate surface area is 143 Å². The van der Waals surface area contributed by atoms with Gasteiger partial charge in [-0.2, -0.15) is 0 Å². The zero-order valence-corrected chi connectivity index (χ0v) is 14.2. The number of fused-ring (bicyclic) bond motifs is 3. The topological polar surface area (TPSA) is 58.1 Å². The second kappa shape index (κ2) is 6.22. The minimum atomic E-state index is -0.347. The maximum absolute atomic E-state index is 13.3. The van der Waals surface area contributed by atoms with Crippen molar-refractivity contribution in [1.82, 2.24) is 20.2 Å². The van der Waals surface area contributed by atoms with E-state index in [4.69, 9.17) is 0 Å². The van der Waals surface area contributed by atoms with Crippen LogP contribution in [-0.4, -0.2) is 45.9 Å². The number of carbonyl (C=O) groups is 1. The lowest BCUT2D eigenvalue weighted by atomic mass is 9.79. The molecule has 1 N–H and O–H groups in total. The quantitative estimate of drug-likeness (QED) is 0.928. The van der Waals surface area contributed by atoms with Gasteiger partial charge >= 0.3 is 0 Å². The zero-order valence-electron chi connectivity index (χ0n) is 13.4. The molecule has 7 heteroatoms. The maximum atomic E-state index is 13.3. The van der Waals surface area contributed by atoms with Crippen LogP contribution in [0.4, 0.5) is 4.39 Å². The first-order valence-corrected chi connectivity index (χ1v) is 9.06. The molecule has 0 aliphatic carbocycles. The number of amides is 1. The predicted molar refractivity (Wildman–Crippen MR) is 90.3 cm³/mol. The summed E-state index contributed by atoms with van der Waals surface area (Å²) in [5.41, 5.74) is 0.503. The number of pyridine rings is 1. The molecule has 2 atom stereocenters. The van der Waals surface area contributed by atoms with Crippen molar-refractivity contribution in [3.05, 3.63) is 35.4 Å². The fourth-order valence-corrected chi connectivity index (χ4v) is 4.58. The summed E-state index contributed by atoms with van der Waals surface area (Å²) in [6, 6.07) is 3.20. The summed E-state index contributed by atoms with van der Waals surface area (Å²) in [6.45, 7) is 4.44. The number of carbonyl (C=O) groups excluding carboxylic acids is 1. The van der Waals surface area contributed by atoms with E-state index in [-0.39, 0.29) is 17.8 Å². The molecule has 0 spiro atoms. The molecule has 3 fully saturated rings. The number of nitrogens with zero attached hydrogens (tertiary/aromatic N) is 3. The van der Waals surface area contributed by atoms with E-state index in [9.17, 15) is 9.18 Å². The molecule has 24 heavy (non-hydrogen) atoms. The van der Waals surface area contributed by atoms with E-state index in [2.05, 4.69) is 27.1 Å². The van der Waals surface area contributed by atoms with Gasteiger partial charge in [0.25, 0.3) is 5.91 Å². The molecule has 0 aromatic carbocycles. The first-order chi connectivity index (χ1) is 11.6. The third-order valence-corrected chi connectivity index (χ3v) is 6.17. The molecular formula is C17H19FN4OS. The van der Waals surface area contributed by atoms with E-state index in [1.807, 2.05) is 0 Å². The van der Waals surface area contributed by atoms with Crippen molar-refractivity contribution in [2.45, 2.75) is 31.8 Å². The highest BCUT2D eigenvalue weighted by Gasteiger charge is 2.40. The van der Waals surface area contributed by atoms with Crippen LogP contribution >= 0.6 is 11.3 Å². The molecule has 5 heterocycles. The average molecular weight is 346 g/mol. The summed E-state index contributed by atoms with van der Waals surface area (Å²) in [5.74, 6) is 0.0621. The molecule has 3 saturated heterocycles. The van der Waals surface area contributed by atoms with Crippen LogP contribution in [0.25, 0.3) is 10.6 Å². The van der Waals surface area contributed by atoms with E-state index in [1.54, 1.807) is 6.20 Å². The Morgan fingerprint density at radius 2 is 2.17 bits per heavy atom. The van der Waals surface area contributed by atoms with Crippen molar-refractivity contribution in [3.63, 3.8) is 0 Å². The summed E-state index contributed by atoms with van der Waals surface area (Å²) in [5, 5.41) is 3.57. The Bertz CT molecular complexity index is 755. The van der Waals surface area contributed by atoms with Crippen molar-refractivity contribution >= 4 is 17.2 Å². The van der Waals surface area contributed by atoms with Gasteiger partial charge in [-0.25, -0.2) is 9.37 Å². The van der Waals surface area contributed by atoms with Crippen molar-refractivity contribution in [2.24, 2.45) is 5.92 Å². The van der Waals surface area contributed by atoms with Gasteiger partial charge < -0.3 is 5.32 Å². The van der Waals surface area contributed by atoms with E-state index >= 15 is 0 Å². The van der Waals surface area contributed by atoms with E-state index in [0.29, 0.717) is 27.5 Å². The van der Waals surface area contributed by atoms with Crippen LogP contribution in [0, 0.1) is 11.7 Å². The van der Waals surface area contributed by atoms with Crippen LogP contribution < -0.4 is 5.32 Å². The fraction of sp³-hybridized carbons (Fsp3) is 0.471. The molecule has 126 valence electrons. The Kier molecular flexibility index (Phi) is 4.05. The second-order valence-electron chi connectivity index (χ2n) is 6.50. The van der Waals surface area contributed by atoms with Gasteiger partial charge in [0, 0.05) is 30.5 Å². The maximum Gasteiger partial charge on any atom is 0.280 e. The Morgan fingerprint density at radius 3 is 2.88 bits per heavy atom. The lowest BCUT2D eigenvalue weighted by Gasteiger charge is -2.49. The van der Waals surface area contributed by atoms with Gasteiger partial charge in [0.2, 0.25) is 0 Å². The highest BCUT2D eigenvalue weighted by Crippen LogP contribution is 2.32. The molecule has 0 unspecified atom stereocenters. The third kappa shape index (κ3) is 2.82. The largest absolute Gasteiger partial charge is 0.345 e. The van der Waals surface area contributed by atoms with Crippen molar-refractivity contribution in [2.75, 3.05) is 13.1 Å². The normalized spacial score (nSPS) is 28.8. The van der Waals surface area contributed by atoms with Crippen LogP contribution in [-0.2, 0) is 0 Å². The molecular weight excluding hydrogens is 327 g/mol. The number of thiazole rings is 1. The number of piperidine rings is 3. The van der Waals surface area contributed by atoms with Crippen LogP contribution in [0.2, 0.25) is 0 Å². The minimum absolute atomic E-state index is 0.145. The average Bonchev–Trinajstić information content (AvgIpc) is 3.09. The summed E-state index contributed by atoms with van der Waals surface area (Å²) < 4.78 is 13.3. The molecule has 5 nitrogen and oxygen atoms in total. The first-order valence-electron chi connectivity index (χ1n) is 8.24. The number of rotatable bonds is 3. The predicted octanol–water partition coefficient (Wildman–Crippen LogP) is 2.56. The number of hydrogen-bond acceptors (Lipinski definition) is 5. The molecule has 2 aromatic heterocycles. The molecule has 0 saturated carbocycles. The van der Waals surface area contributed by atoms with Crippen LogP contribution in [0.1, 0.15) is 29.6 Å². The van der Waals surface area contributed by atoms with Crippen LogP contribution in [0.15, 0.2) is 24.5 Å². The van der Waals surface area contributed by atoms with Gasteiger partial charge in [-0.05, 0) is 44.8 Å². The Hall–Kier alpha value is -1.86. The highest BCUT2D eigenvalue weighted by atomic mass is 32.1. The lowest BCUT2D eigenvalue weighted by Crippen LogP contribution is -2.62. The highest BCUT2D eigenvalue weighted by molar-refractivity contribution is 7.16. The van der Waals surface area contributed by atoms with E-state index in [0.717, 1.165) is 25.9 Å². The van der Waals surface area contributed by atoms with Gasteiger partial charge in [0.15, 0.2) is 5.01 Å². The van der Waals surface area contributed by atoms with Gasteiger partial charge in [0.05, 0.1) is 10.6 Å². The molecule has 2 bridgehead atoms. The minimum Gasteiger partial charge on any atom is -0.345 e. The van der Waals surface area contributed by atoms with E-state index < -0.39 is 0 Å². The number of aromatic nitrogens is 2. The monoisotopic (exact) mass is 346 g/mol. The molecule has 0 radical (unpaired) electrons. The molecule has 1 amide bonds. The van der Waals surface area contributed by atoms with Gasteiger partial charge in [0.1, 0.15) is 5.82 Å². The van der Waals surface area contributed by atoms with Gasteiger partial charge in [-0.15, -0.1) is 11.3 Å². The number of halogens is 1.